The Kier molecular flexibility index (Phi) is 7.36. The maximum Gasteiger partial charge on any atom is 0.248 e. The number of anilines is 1. The van der Waals surface area contributed by atoms with E-state index in [4.69, 9.17) is 0 Å². The number of hydrogen-bond acceptors (Lipinski definition) is 4. The van der Waals surface area contributed by atoms with Crippen LogP contribution < -0.4 is 10.0 Å². The maximum absolute atomic E-state index is 12.7. The predicted molar refractivity (Wildman–Crippen MR) is 129 cm³/mol. The van der Waals surface area contributed by atoms with E-state index in [0.29, 0.717) is 5.69 Å². The van der Waals surface area contributed by atoms with Crippen molar-refractivity contribution in [3.05, 3.63) is 78.9 Å². The lowest BCUT2D eigenvalue weighted by atomic mass is 10.1. The first-order valence-electron chi connectivity index (χ1n) is 11.2. The third-order valence-electron chi connectivity index (χ3n) is 5.73. The molecule has 0 unspecified atom stereocenters. The lowest BCUT2D eigenvalue weighted by Crippen LogP contribution is -2.34. The highest BCUT2D eigenvalue weighted by Crippen LogP contribution is 2.20. The SMILES string of the molecule is O=C(/C=C/c1ccc(-n2ccnc2)cc1)Nc1ccc(S(=O)(=O)NC2CCCCCC2)cc1. The van der Waals surface area contributed by atoms with Crippen molar-refractivity contribution in [2.45, 2.75) is 49.5 Å². The van der Waals surface area contributed by atoms with Crippen LogP contribution in [0.25, 0.3) is 11.8 Å². The second kappa shape index (κ2) is 10.6. The number of nitrogens with zero attached hydrogens (tertiary/aromatic N) is 2. The van der Waals surface area contributed by atoms with E-state index in [-0.39, 0.29) is 16.8 Å². The van der Waals surface area contributed by atoms with E-state index < -0.39 is 10.0 Å². The number of nitrogens with one attached hydrogen (secondary N) is 2. The highest BCUT2D eigenvalue weighted by atomic mass is 32.2. The van der Waals surface area contributed by atoms with Crippen molar-refractivity contribution in [2.75, 3.05) is 5.32 Å². The Hall–Kier alpha value is -3.23. The summed E-state index contributed by atoms with van der Waals surface area (Å²) >= 11 is 0. The molecule has 1 saturated carbocycles. The lowest BCUT2D eigenvalue weighted by Gasteiger charge is -2.16. The molecule has 0 aliphatic heterocycles. The van der Waals surface area contributed by atoms with Gasteiger partial charge in [0.2, 0.25) is 15.9 Å². The van der Waals surface area contributed by atoms with E-state index in [1.165, 1.54) is 18.2 Å². The number of imidazole rings is 1. The van der Waals surface area contributed by atoms with Gasteiger partial charge in [-0.05, 0) is 60.9 Å². The molecule has 8 heteroatoms. The average molecular weight is 465 g/mol. The van der Waals surface area contributed by atoms with Crippen LogP contribution in [-0.2, 0) is 14.8 Å². The van der Waals surface area contributed by atoms with E-state index in [1.807, 2.05) is 35.0 Å². The molecule has 0 bridgehead atoms. The Balaban J connectivity index is 1.33. The molecule has 2 aromatic carbocycles. The largest absolute Gasteiger partial charge is 0.323 e. The van der Waals surface area contributed by atoms with Gasteiger partial charge in [0.15, 0.2) is 0 Å². The number of amides is 1. The first kappa shape index (κ1) is 22.9. The van der Waals surface area contributed by atoms with Gasteiger partial charge < -0.3 is 9.88 Å². The molecular formula is C25H28N4O3S. The number of sulfonamides is 1. The first-order valence-corrected chi connectivity index (χ1v) is 12.7. The highest BCUT2D eigenvalue weighted by molar-refractivity contribution is 7.89. The van der Waals surface area contributed by atoms with Crippen molar-refractivity contribution in [2.24, 2.45) is 0 Å². The van der Waals surface area contributed by atoms with Gasteiger partial charge in [0.05, 0.1) is 11.2 Å². The van der Waals surface area contributed by atoms with Crippen LogP contribution in [0.4, 0.5) is 5.69 Å². The fraction of sp³-hybridized carbons (Fsp3) is 0.280. The molecule has 0 spiro atoms. The van der Waals surface area contributed by atoms with Crippen LogP contribution in [0.2, 0.25) is 0 Å². The second-order valence-corrected chi connectivity index (χ2v) is 9.93. The molecular weight excluding hydrogens is 436 g/mol. The third-order valence-corrected chi connectivity index (χ3v) is 7.27. The number of aromatic nitrogens is 2. The van der Waals surface area contributed by atoms with E-state index in [1.54, 1.807) is 30.7 Å². The standard InChI is InChI=1S/C25H28N4O3S/c30-25(16-9-20-7-12-23(13-8-20)29-18-17-26-19-29)27-21-10-14-24(15-11-21)33(31,32)28-22-5-3-1-2-4-6-22/h7-19,22,28H,1-6H2,(H,27,30)/b16-9+. The molecule has 0 radical (unpaired) electrons. The van der Waals surface area contributed by atoms with E-state index in [0.717, 1.165) is 49.8 Å². The molecule has 1 aliphatic carbocycles. The van der Waals surface area contributed by atoms with Gasteiger partial charge in [0, 0.05) is 35.9 Å². The molecule has 1 heterocycles. The molecule has 0 atom stereocenters. The summed E-state index contributed by atoms with van der Waals surface area (Å²) in [6.07, 6.45) is 14.7. The minimum absolute atomic E-state index is 0.00368. The van der Waals surface area contributed by atoms with Gasteiger partial charge in [-0.3, -0.25) is 4.79 Å². The minimum Gasteiger partial charge on any atom is -0.323 e. The van der Waals surface area contributed by atoms with Gasteiger partial charge >= 0.3 is 0 Å². The second-order valence-electron chi connectivity index (χ2n) is 8.22. The van der Waals surface area contributed by atoms with E-state index >= 15 is 0 Å². The van der Waals surface area contributed by atoms with Crippen LogP contribution in [0.3, 0.4) is 0 Å². The van der Waals surface area contributed by atoms with Gasteiger partial charge in [0.1, 0.15) is 0 Å². The quantitative estimate of drug-likeness (QED) is 0.397. The van der Waals surface area contributed by atoms with Crippen LogP contribution in [0.5, 0.6) is 0 Å². The number of carbonyl (C=O) groups excluding carboxylic acids is 1. The van der Waals surface area contributed by atoms with Gasteiger partial charge in [-0.2, -0.15) is 0 Å². The summed E-state index contributed by atoms with van der Waals surface area (Å²) in [5.74, 6) is -0.291. The van der Waals surface area contributed by atoms with Gasteiger partial charge in [0.25, 0.3) is 0 Å². The van der Waals surface area contributed by atoms with E-state index in [9.17, 15) is 13.2 Å². The summed E-state index contributed by atoms with van der Waals surface area (Å²) in [6.45, 7) is 0. The maximum atomic E-state index is 12.7. The van der Waals surface area contributed by atoms with Crippen LogP contribution in [-0.4, -0.2) is 29.9 Å². The summed E-state index contributed by atoms with van der Waals surface area (Å²) in [4.78, 5) is 16.5. The number of rotatable bonds is 7. The zero-order valence-electron chi connectivity index (χ0n) is 18.4. The van der Waals surface area contributed by atoms with Crippen LogP contribution in [0, 0.1) is 0 Å². The summed E-state index contributed by atoms with van der Waals surface area (Å²) in [7, 11) is -3.57. The van der Waals surface area contributed by atoms with Gasteiger partial charge in [-0.1, -0.05) is 37.8 Å². The highest BCUT2D eigenvalue weighted by Gasteiger charge is 2.21. The van der Waals surface area contributed by atoms with Crippen molar-refractivity contribution >= 4 is 27.7 Å². The van der Waals surface area contributed by atoms with Crippen molar-refractivity contribution in [3.63, 3.8) is 0 Å². The Morgan fingerprint density at radius 1 is 0.970 bits per heavy atom. The van der Waals surface area contributed by atoms with Crippen molar-refractivity contribution in [1.29, 1.82) is 0 Å². The van der Waals surface area contributed by atoms with Crippen LogP contribution in [0.1, 0.15) is 44.1 Å². The lowest BCUT2D eigenvalue weighted by molar-refractivity contribution is -0.111. The zero-order valence-corrected chi connectivity index (χ0v) is 19.2. The number of carbonyl (C=O) groups is 1. The molecule has 0 saturated heterocycles. The van der Waals surface area contributed by atoms with Gasteiger partial charge in [-0.15, -0.1) is 0 Å². The number of benzene rings is 2. The Morgan fingerprint density at radius 2 is 1.67 bits per heavy atom. The average Bonchev–Trinajstić information content (AvgIpc) is 3.24. The Bertz CT molecular complexity index is 1180. The van der Waals surface area contributed by atoms with E-state index in [2.05, 4.69) is 15.0 Å². The fourth-order valence-electron chi connectivity index (χ4n) is 3.93. The summed E-state index contributed by atoms with van der Waals surface area (Å²) in [5, 5.41) is 2.76. The molecule has 1 aliphatic rings. The van der Waals surface area contributed by atoms with Crippen LogP contribution in [0.15, 0.2) is 78.2 Å². The molecule has 3 aromatic rings. The smallest absolute Gasteiger partial charge is 0.248 e. The van der Waals surface area contributed by atoms with Gasteiger partial charge in [-0.25, -0.2) is 18.1 Å². The summed E-state index contributed by atoms with van der Waals surface area (Å²) in [5.41, 5.74) is 2.41. The zero-order chi connectivity index (χ0) is 23.1. The van der Waals surface area contributed by atoms with Crippen molar-refractivity contribution < 1.29 is 13.2 Å². The molecule has 7 nitrogen and oxygen atoms in total. The number of hydrogen-bond donors (Lipinski definition) is 2. The van der Waals surface area contributed by atoms with Crippen molar-refractivity contribution in [1.82, 2.24) is 14.3 Å². The first-order chi connectivity index (χ1) is 16.0. The van der Waals surface area contributed by atoms with Crippen molar-refractivity contribution in [3.8, 4) is 5.69 Å². The Morgan fingerprint density at radius 3 is 2.30 bits per heavy atom. The molecule has 2 N–H and O–H groups in total. The molecule has 4 rings (SSSR count). The molecule has 1 aromatic heterocycles. The predicted octanol–water partition coefficient (Wildman–Crippen LogP) is 4.53. The molecule has 172 valence electrons. The molecule has 1 amide bonds. The Labute approximate surface area is 194 Å². The fourth-order valence-corrected chi connectivity index (χ4v) is 5.23. The summed E-state index contributed by atoms with van der Waals surface area (Å²) < 4.78 is 30.1. The monoisotopic (exact) mass is 464 g/mol. The minimum atomic E-state index is -3.57. The normalized spacial score (nSPS) is 15.4. The molecule has 33 heavy (non-hydrogen) atoms. The topological polar surface area (TPSA) is 93.1 Å². The third kappa shape index (κ3) is 6.40. The van der Waals surface area contributed by atoms with Crippen LogP contribution >= 0.6 is 0 Å². The molecule has 1 fully saturated rings. The summed E-state index contributed by atoms with van der Waals surface area (Å²) in [6, 6.07) is 14.0.